The van der Waals surface area contributed by atoms with Crippen LogP contribution in [0.15, 0.2) is 170 Å². The molecule has 670 valence electrons. The smallest absolute Gasteiger partial charge is 0.407 e. The van der Waals surface area contributed by atoms with Gasteiger partial charge in [-0.2, -0.15) is 0 Å². The van der Waals surface area contributed by atoms with Crippen molar-refractivity contribution in [3.05, 3.63) is 204 Å². The quantitative estimate of drug-likeness (QED) is 0.0161. The van der Waals surface area contributed by atoms with Gasteiger partial charge in [-0.15, -0.1) is 0 Å². The molecule has 6 aromatic carbocycles. The third-order valence-corrected chi connectivity index (χ3v) is 23.2. The number of hydrogen-bond donors (Lipinski definition) is 19. The van der Waals surface area contributed by atoms with Crippen molar-refractivity contribution in [1.29, 1.82) is 0 Å². The van der Waals surface area contributed by atoms with Gasteiger partial charge >= 0.3 is 12.1 Å². The number of nitrogens with two attached hydrogens (primary N) is 4. The van der Waals surface area contributed by atoms with Gasteiger partial charge in [-0.25, -0.2) is 9.59 Å². The highest BCUT2D eigenvalue weighted by atomic mass is 16.5. The highest BCUT2D eigenvalue weighted by Gasteiger charge is 2.39. The summed E-state index contributed by atoms with van der Waals surface area (Å²) < 4.78 is 5.91. The predicted molar refractivity (Wildman–Crippen MR) is 486 cm³/mol. The number of carboxylic acids is 1. The van der Waals surface area contributed by atoms with Gasteiger partial charge in [0.05, 0.1) is 0 Å². The van der Waals surface area contributed by atoms with E-state index in [9.17, 15) is 24.3 Å². The van der Waals surface area contributed by atoms with E-state index in [2.05, 4.69) is 73.1 Å². The second kappa shape index (κ2) is 46.3. The topological polar surface area (TPSA) is 505 Å². The molecule has 0 radical (unpaired) electrons. The Morgan fingerprint density at radius 1 is 0.317 bits per heavy atom. The maximum atomic E-state index is 15.9. The van der Waals surface area contributed by atoms with Crippen LogP contribution in [0.1, 0.15) is 157 Å². The maximum Gasteiger partial charge on any atom is 0.407 e. The van der Waals surface area contributed by atoms with Gasteiger partial charge in [0.15, 0.2) is 0 Å². The normalized spacial score (nSPS) is 14.3. The zero-order chi connectivity index (χ0) is 89.8. The van der Waals surface area contributed by atoms with Crippen LogP contribution in [-0.4, -0.2) is 183 Å². The van der Waals surface area contributed by atoms with Gasteiger partial charge in [0, 0.05) is 100 Å². The number of ether oxygens (including phenoxy) is 1. The summed E-state index contributed by atoms with van der Waals surface area (Å²) in [7, 11) is 0. The molecule has 0 bridgehead atoms. The first-order chi connectivity index (χ1) is 60.9. The monoisotopic (exact) mass is 1720 g/mol. The molecule has 0 saturated heterocycles. The molecule has 23 N–H and O–H groups in total. The Labute approximate surface area is 732 Å². The SMILES string of the molecule is CC(C)C[C@H](NC(=O)[C@H](CCCCN)NC(=O)[C@H](Cc1c[nH]c2ccccc12)NC(=O)[C@H](CCCCN)NC(=O)[C@H](Cc1c[nH]c2ccccc12)NC(=O)[C@H](Cc1c[nH]c2ccccc12)NC(=O)[C@H](CCCCN)NC(=O)[C@H](Cc1c[nH]c2ccccc12)NC(=O)[C@H](CCCCN)NC(=O)[C@H](CC(C)C)NC(=O)OCC1c2ccccc2-c2ccccc21)C(=O)O. The summed E-state index contributed by atoms with van der Waals surface area (Å²) in [4.78, 5) is 177. The molecule has 11 rings (SSSR count). The average Bonchev–Trinajstić information content (AvgIpc) is 1.61. The van der Waals surface area contributed by atoms with Crippen molar-refractivity contribution >= 4 is 109 Å². The lowest BCUT2D eigenvalue weighted by Gasteiger charge is -2.29. The number of alkyl carbamates (subject to hydrolysis) is 1. The van der Waals surface area contributed by atoms with E-state index in [0.717, 1.165) is 44.1 Å². The van der Waals surface area contributed by atoms with Crippen LogP contribution in [0, 0.1) is 11.8 Å². The fraction of sp³-hybridized carbons (Fsp3) is 0.421. The third-order valence-electron chi connectivity index (χ3n) is 23.2. The van der Waals surface area contributed by atoms with Gasteiger partial charge in [-0.3, -0.25) is 43.2 Å². The molecule has 0 spiro atoms. The van der Waals surface area contributed by atoms with E-state index in [1.54, 1.807) is 24.8 Å². The lowest BCUT2D eigenvalue weighted by atomic mass is 9.98. The van der Waals surface area contributed by atoms with Gasteiger partial charge < -0.3 is 106 Å². The van der Waals surface area contributed by atoms with E-state index < -0.39 is 126 Å². The number of carbonyl (C=O) groups excluding carboxylic acids is 10. The first kappa shape index (κ1) is 94.0. The van der Waals surface area contributed by atoms with Crippen molar-refractivity contribution in [2.45, 2.75) is 210 Å². The molecule has 4 heterocycles. The van der Waals surface area contributed by atoms with E-state index in [-0.39, 0.29) is 115 Å². The molecule has 126 heavy (non-hydrogen) atoms. The Balaban J connectivity index is 0.872. The zero-order valence-corrected chi connectivity index (χ0v) is 72.1. The Morgan fingerprint density at radius 3 is 0.849 bits per heavy atom. The van der Waals surface area contributed by atoms with Crippen LogP contribution in [0.5, 0.6) is 0 Å². The molecule has 1 aliphatic carbocycles. The molecule has 4 aromatic heterocycles. The minimum absolute atomic E-state index is 0.0128. The summed E-state index contributed by atoms with van der Waals surface area (Å²) in [6.07, 6.45) is 8.90. The predicted octanol–water partition coefficient (Wildman–Crippen LogP) is 7.85. The molecule has 10 amide bonds. The Bertz CT molecular complexity index is 5260. The van der Waals surface area contributed by atoms with E-state index in [0.29, 0.717) is 95.4 Å². The minimum atomic E-state index is -1.51. The number of aliphatic carboxylic acids is 1. The summed E-state index contributed by atoms with van der Waals surface area (Å²) in [5.41, 5.74) is 33.5. The molecule has 0 aliphatic heterocycles. The number of aromatic amines is 4. The van der Waals surface area contributed by atoms with Crippen molar-refractivity contribution in [3.63, 3.8) is 0 Å². The van der Waals surface area contributed by atoms with Crippen LogP contribution < -0.4 is 76.1 Å². The van der Waals surface area contributed by atoms with Gasteiger partial charge in [-0.05, 0) is 197 Å². The lowest BCUT2D eigenvalue weighted by molar-refractivity contribution is -0.143. The van der Waals surface area contributed by atoms with Crippen molar-refractivity contribution in [1.82, 2.24) is 73.1 Å². The fourth-order valence-corrected chi connectivity index (χ4v) is 16.6. The number of para-hydroxylation sites is 4. The van der Waals surface area contributed by atoms with Crippen LogP contribution in [0.2, 0.25) is 0 Å². The van der Waals surface area contributed by atoms with E-state index >= 15 is 33.6 Å². The zero-order valence-electron chi connectivity index (χ0n) is 72.1. The summed E-state index contributed by atoms with van der Waals surface area (Å²) >= 11 is 0. The maximum absolute atomic E-state index is 15.9. The van der Waals surface area contributed by atoms with Gasteiger partial charge in [0.25, 0.3) is 0 Å². The summed E-state index contributed by atoms with van der Waals surface area (Å²) in [5.74, 6) is -8.80. The Kier molecular flexibility index (Phi) is 34.5. The van der Waals surface area contributed by atoms with Crippen LogP contribution in [0.4, 0.5) is 4.79 Å². The van der Waals surface area contributed by atoms with Crippen molar-refractivity contribution in [2.24, 2.45) is 34.8 Å². The summed E-state index contributed by atoms with van der Waals surface area (Å²) in [6, 6.07) is 31.6. The largest absolute Gasteiger partial charge is 0.480 e. The number of amides is 10. The van der Waals surface area contributed by atoms with E-state index in [4.69, 9.17) is 27.7 Å². The average molecular weight is 1720 g/mol. The van der Waals surface area contributed by atoms with E-state index in [1.807, 2.05) is 173 Å². The van der Waals surface area contributed by atoms with Crippen LogP contribution in [-0.2, 0) is 78.4 Å². The highest BCUT2D eigenvalue weighted by molar-refractivity contribution is 6.01. The lowest BCUT2D eigenvalue weighted by Crippen LogP contribution is -2.61. The number of hydrogen-bond acceptors (Lipinski definition) is 16. The number of nitrogens with one attached hydrogen (secondary N) is 14. The number of carboxylic acid groups (broad SMARTS) is 1. The second-order valence-electron chi connectivity index (χ2n) is 33.6. The van der Waals surface area contributed by atoms with Crippen molar-refractivity contribution < 1.29 is 62.6 Å². The second-order valence-corrected chi connectivity index (χ2v) is 33.6. The van der Waals surface area contributed by atoms with Crippen LogP contribution in [0.3, 0.4) is 0 Å². The molecule has 31 nitrogen and oxygen atoms in total. The van der Waals surface area contributed by atoms with E-state index in [1.165, 1.54) is 0 Å². The number of unbranched alkanes of at least 4 members (excludes halogenated alkanes) is 4. The van der Waals surface area contributed by atoms with Crippen molar-refractivity contribution in [3.8, 4) is 11.1 Å². The molecule has 1 aliphatic rings. The molecular formula is C95H122N18O13. The summed E-state index contributed by atoms with van der Waals surface area (Å²) in [6.45, 7) is 8.39. The molecule has 0 saturated carbocycles. The molecule has 0 fully saturated rings. The third kappa shape index (κ3) is 25.5. The van der Waals surface area contributed by atoms with Crippen LogP contribution >= 0.6 is 0 Å². The van der Waals surface area contributed by atoms with Gasteiger partial charge in [0.1, 0.15) is 67.0 Å². The molecule has 10 aromatic rings. The number of H-pyrrole nitrogens is 4. The first-order valence-corrected chi connectivity index (χ1v) is 44.0. The number of benzene rings is 6. The minimum Gasteiger partial charge on any atom is -0.480 e. The van der Waals surface area contributed by atoms with Crippen LogP contribution in [0.25, 0.3) is 54.7 Å². The molecule has 31 heteroatoms. The Morgan fingerprint density at radius 2 is 0.563 bits per heavy atom. The fourth-order valence-electron chi connectivity index (χ4n) is 16.6. The number of rotatable bonds is 50. The first-order valence-electron chi connectivity index (χ1n) is 44.0. The highest BCUT2D eigenvalue weighted by Crippen LogP contribution is 2.44. The van der Waals surface area contributed by atoms with Gasteiger partial charge in [-0.1, -0.05) is 149 Å². The molecular weight excluding hydrogens is 1600 g/mol. The number of fused-ring (bicyclic) bond motifs is 7. The van der Waals surface area contributed by atoms with Gasteiger partial charge in [0.2, 0.25) is 53.2 Å². The Hall–Kier alpha value is -12.7. The standard InChI is InChI=1S/C95H122N18O13/c1-56(2)45-79(113-95(125)126-55-70-68-31-7-5-29-66(68)67-30-6-8-32-69(67)70)89(118)104-75(37-17-21-41-96)85(114)108-80(47-58-51-100-71-33-13-9-25-62(58)71)90(119)105-77(39-19-23-43-98)87(116)110-83(50-61-54-103-74-36-16-12-28-65(61)74)93(122)111-82(49-60-53-102-73-35-15-11-27-64(60)73)92(121)106-76(38-18-22-42-97)86(115)109-81(48-59-52-101-72-34-14-10-26-63(59)72)91(120)107-78(40-20-24-44-99)88(117)112-84(94(123)124)46-57(3)4/h5-16,25-36,51-54,56-57,70,75-84,100-103H,17-24,37-50,55,96-99H2,1-4H3,(H,104,118)(H,105,119)(H,106,121)(H,107,120)(H,108,114)(H,109,115)(H,110,116)(H,111,122)(H,112,117)(H,113,125)(H,123,124)/t75-,76-,77-,78-,79-,80-,81-,82-,83-,84-/m0/s1. The number of carbonyl (C=O) groups is 11. The molecule has 10 atom stereocenters. The molecule has 0 unspecified atom stereocenters. The summed E-state index contributed by atoms with van der Waals surface area (Å²) in [5, 5.41) is 41.9. The number of aromatic nitrogens is 4. The van der Waals surface area contributed by atoms with Crippen molar-refractivity contribution in [2.75, 3.05) is 32.8 Å².